The lowest BCUT2D eigenvalue weighted by atomic mass is 10.1. The van der Waals surface area contributed by atoms with Crippen molar-refractivity contribution in [2.24, 2.45) is 0 Å². The van der Waals surface area contributed by atoms with E-state index in [4.69, 9.17) is 4.74 Å². The van der Waals surface area contributed by atoms with Gasteiger partial charge in [-0.2, -0.15) is 0 Å². The molecule has 0 fully saturated rings. The van der Waals surface area contributed by atoms with Crippen molar-refractivity contribution in [2.75, 3.05) is 29.8 Å². The average Bonchev–Trinajstić information content (AvgIpc) is 2.59. The Morgan fingerprint density at radius 3 is 2.28 bits per heavy atom. The zero-order valence-electron chi connectivity index (χ0n) is 15.3. The highest BCUT2D eigenvalue weighted by Gasteiger charge is 2.21. The Morgan fingerprint density at radius 1 is 1.12 bits per heavy atom. The van der Waals surface area contributed by atoms with E-state index in [2.05, 4.69) is 28.5 Å². The Kier molecular flexibility index (Phi) is 5.89. The number of nitrogens with zero attached hydrogens (tertiary/aromatic N) is 2. The normalized spacial score (nSPS) is 11.2. The highest BCUT2D eigenvalue weighted by atomic mass is 32.2. The molecule has 136 valence electrons. The molecule has 6 nitrogen and oxygen atoms in total. The van der Waals surface area contributed by atoms with Crippen LogP contribution < -0.4 is 14.4 Å². The number of methoxy groups -OCH3 is 1. The third-order valence-electron chi connectivity index (χ3n) is 4.18. The summed E-state index contributed by atoms with van der Waals surface area (Å²) in [5.74, 6) is 0.589. The van der Waals surface area contributed by atoms with Crippen LogP contribution >= 0.6 is 0 Å². The molecule has 0 aliphatic rings. The van der Waals surface area contributed by atoms with Gasteiger partial charge < -0.3 is 9.64 Å². The van der Waals surface area contributed by atoms with Gasteiger partial charge in [0, 0.05) is 13.1 Å². The number of sulfonamides is 1. The number of hydrogen-bond donors (Lipinski definition) is 1. The molecule has 2 aromatic rings. The number of aryl methyl sites for hydroxylation is 2. The molecule has 0 radical (unpaired) electrons. The molecule has 2 rings (SSSR count). The van der Waals surface area contributed by atoms with Crippen molar-refractivity contribution in [1.82, 2.24) is 4.98 Å². The van der Waals surface area contributed by atoms with Gasteiger partial charge in [-0.15, -0.1) is 0 Å². The summed E-state index contributed by atoms with van der Waals surface area (Å²) >= 11 is 0. The van der Waals surface area contributed by atoms with E-state index in [0.29, 0.717) is 5.75 Å². The maximum Gasteiger partial charge on any atom is 0.266 e. The Hall–Kier alpha value is -2.28. The van der Waals surface area contributed by atoms with Gasteiger partial charge in [0.2, 0.25) is 0 Å². The van der Waals surface area contributed by atoms with Crippen LogP contribution in [0.4, 0.5) is 11.5 Å². The highest BCUT2D eigenvalue weighted by Crippen LogP contribution is 2.28. The van der Waals surface area contributed by atoms with Crippen LogP contribution in [0.15, 0.2) is 35.4 Å². The van der Waals surface area contributed by atoms with Crippen LogP contribution in [0.3, 0.4) is 0 Å². The fraction of sp³-hybridized carbons (Fsp3) is 0.389. The fourth-order valence-corrected chi connectivity index (χ4v) is 3.79. The maximum absolute atomic E-state index is 12.7. The van der Waals surface area contributed by atoms with Gasteiger partial charge in [-0.25, -0.2) is 13.4 Å². The van der Waals surface area contributed by atoms with Crippen molar-refractivity contribution < 1.29 is 13.2 Å². The summed E-state index contributed by atoms with van der Waals surface area (Å²) in [5, 5.41) is 0. The zero-order valence-corrected chi connectivity index (χ0v) is 16.1. The van der Waals surface area contributed by atoms with Crippen molar-refractivity contribution in [3.63, 3.8) is 0 Å². The number of pyridine rings is 1. The standard InChI is InChI=1S/C18H25N3O3S/c1-6-21(7-2)15-8-9-18(19-12-15)20-25(22,23)17-11-14(4)13(3)10-16(17)24-5/h8-12H,6-7H2,1-5H3,(H,19,20). The first-order chi connectivity index (χ1) is 11.8. The third kappa shape index (κ3) is 4.22. The summed E-state index contributed by atoms with van der Waals surface area (Å²) in [6.07, 6.45) is 1.67. The molecule has 1 N–H and O–H groups in total. The van der Waals surface area contributed by atoms with Gasteiger partial charge in [-0.1, -0.05) is 0 Å². The topological polar surface area (TPSA) is 71.5 Å². The van der Waals surface area contributed by atoms with Crippen LogP contribution in [-0.2, 0) is 10.0 Å². The molecule has 25 heavy (non-hydrogen) atoms. The molecule has 0 spiro atoms. The molecule has 0 atom stereocenters. The SMILES string of the molecule is CCN(CC)c1ccc(NS(=O)(=O)c2cc(C)c(C)cc2OC)nc1. The monoisotopic (exact) mass is 363 g/mol. The summed E-state index contributed by atoms with van der Waals surface area (Å²) in [6.45, 7) is 9.63. The third-order valence-corrected chi connectivity index (χ3v) is 5.56. The van der Waals surface area contributed by atoms with Crippen LogP contribution in [-0.4, -0.2) is 33.6 Å². The Labute approximate surface area is 149 Å². The lowest BCUT2D eigenvalue weighted by Gasteiger charge is -2.20. The van der Waals surface area contributed by atoms with Gasteiger partial charge in [-0.05, 0) is 63.1 Å². The number of anilines is 2. The quantitative estimate of drug-likeness (QED) is 0.817. The molecule has 0 saturated heterocycles. The van der Waals surface area contributed by atoms with E-state index < -0.39 is 10.0 Å². The number of nitrogens with one attached hydrogen (secondary N) is 1. The van der Waals surface area contributed by atoms with Crippen molar-refractivity contribution >= 4 is 21.5 Å². The first-order valence-electron chi connectivity index (χ1n) is 8.21. The summed E-state index contributed by atoms with van der Waals surface area (Å²) in [6, 6.07) is 6.86. The van der Waals surface area contributed by atoms with Gasteiger partial charge >= 0.3 is 0 Å². The van der Waals surface area contributed by atoms with E-state index >= 15 is 0 Å². The average molecular weight is 363 g/mol. The van der Waals surface area contributed by atoms with Crippen molar-refractivity contribution in [3.05, 3.63) is 41.6 Å². The van der Waals surface area contributed by atoms with Crippen molar-refractivity contribution in [2.45, 2.75) is 32.6 Å². The van der Waals surface area contributed by atoms with Crippen LogP contribution in [0.25, 0.3) is 0 Å². The predicted molar refractivity (Wildman–Crippen MR) is 101 cm³/mol. The van der Waals surface area contributed by atoms with Crippen molar-refractivity contribution in [3.8, 4) is 5.75 Å². The number of rotatable bonds is 7. The second-order valence-corrected chi connectivity index (χ2v) is 7.42. The molecule has 0 aliphatic carbocycles. The lowest BCUT2D eigenvalue weighted by molar-refractivity contribution is 0.402. The second-order valence-electron chi connectivity index (χ2n) is 5.77. The molecule has 1 heterocycles. The molecular formula is C18H25N3O3S. The number of aromatic nitrogens is 1. The molecular weight excluding hydrogens is 338 g/mol. The maximum atomic E-state index is 12.7. The van der Waals surface area contributed by atoms with Gasteiger partial charge in [0.25, 0.3) is 10.0 Å². The molecule has 0 saturated carbocycles. The van der Waals surface area contributed by atoms with Gasteiger partial charge in [0.15, 0.2) is 0 Å². The van der Waals surface area contributed by atoms with E-state index in [1.54, 1.807) is 24.4 Å². The Morgan fingerprint density at radius 2 is 1.76 bits per heavy atom. The molecule has 0 bridgehead atoms. The summed E-state index contributed by atoms with van der Waals surface area (Å²) in [4.78, 5) is 6.47. The minimum Gasteiger partial charge on any atom is -0.495 e. The highest BCUT2D eigenvalue weighted by molar-refractivity contribution is 7.92. The first kappa shape index (κ1) is 19.1. The Bertz CT molecular complexity index is 829. The fourth-order valence-electron chi connectivity index (χ4n) is 2.55. The van der Waals surface area contributed by atoms with Crippen molar-refractivity contribution in [1.29, 1.82) is 0 Å². The molecule has 0 amide bonds. The number of hydrogen-bond acceptors (Lipinski definition) is 5. The zero-order chi connectivity index (χ0) is 18.6. The minimum absolute atomic E-state index is 0.104. The second kappa shape index (κ2) is 7.74. The van der Waals surface area contributed by atoms with Crippen LogP contribution in [0.2, 0.25) is 0 Å². The minimum atomic E-state index is -3.79. The first-order valence-corrected chi connectivity index (χ1v) is 9.69. The molecule has 1 aromatic carbocycles. The van der Waals surface area contributed by atoms with Gasteiger partial charge in [0.1, 0.15) is 16.5 Å². The number of benzene rings is 1. The summed E-state index contributed by atoms with van der Waals surface area (Å²) in [7, 11) is -2.33. The van der Waals surface area contributed by atoms with Crippen LogP contribution in [0, 0.1) is 13.8 Å². The van der Waals surface area contributed by atoms with Crippen LogP contribution in [0.5, 0.6) is 5.75 Å². The van der Waals surface area contributed by atoms with E-state index in [1.165, 1.54) is 7.11 Å². The van der Waals surface area contributed by atoms with Crippen LogP contribution in [0.1, 0.15) is 25.0 Å². The van der Waals surface area contributed by atoms with E-state index in [0.717, 1.165) is 29.9 Å². The Balaban J connectivity index is 2.32. The van der Waals surface area contributed by atoms with E-state index in [9.17, 15) is 8.42 Å². The summed E-state index contributed by atoms with van der Waals surface area (Å²) in [5.41, 5.74) is 2.81. The smallest absolute Gasteiger partial charge is 0.266 e. The molecule has 7 heteroatoms. The molecule has 0 aliphatic heterocycles. The largest absolute Gasteiger partial charge is 0.495 e. The number of ether oxygens (including phenoxy) is 1. The lowest BCUT2D eigenvalue weighted by Crippen LogP contribution is -2.22. The predicted octanol–water partition coefficient (Wildman–Crippen LogP) is 3.35. The molecule has 0 unspecified atom stereocenters. The van der Waals surface area contributed by atoms with E-state index in [1.807, 2.05) is 19.9 Å². The van der Waals surface area contributed by atoms with Gasteiger partial charge in [0.05, 0.1) is 19.0 Å². The summed E-state index contributed by atoms with van der Waals surface area (Å²) < 4.78 is 33.2. The van der Waals surface area contributed by atoms with E-state index in [-0.39, 0.29) is 10.7 Å². The van der Waals surface area contributed by atoms with Gasteiger partial charge in [-0.3, -0.25) is 4.72 Å². The molecule has 1 aromatic heterocycles.